The van der Waals surface area contributed by atoms with Gasteiger partial charge in [-0.25, -0.2) is 13.2 Å². The van der Waals surface area contributed by atoms with Crippen LogP contribution >= 0.6 is 0 Å². The van der Waals surface area contributed by atoms with Crippen molar-refractivity contribution in [1.29, 1.82) is 0 Å². The van der Waals surface area contributed by atoms with E-state index in [1.807, 2.05) is 6.92 Å². The molecule has 1 N–H and O–H groups in total. The fourth-order valence-corrected chi connectivity index (χ4v) is 3.59. The van der Waals surface area contributed by atoms with Crippen molar-refractivity contribution in [3.05, 3.63) is 53.0 Å². The van der Waals surface area contributed by atoms with Gasteiger partial charge in [0, 0.05) is 0 Å². The Labute approximate surface area is 116 Å². The lowest BCUT2D eigenvalue weighted by Gasteiger charge is -2.07. The zero-order valence-electron chi connectivity index (χ0n) is 11.1. The smallest absolute Gasteiger partial charge is 0.339 e. The quantitative estimate of drug-likeness (QED) is 0.936. The first-order chi connectivity index (χ1) is 9.31. The van der Waals surface area contributed by atoms with Gasteiger partial charge >= 0.3 is 5.97 Å². The van der Waals surface area contributed by atoms with Crippen LogP contribution in [0, 0.1) is 13.8 Å². The van der Waals surface area contributed by atoms with Gasteiger partial charge in [0.15, 0.2) is 9.84 Å². The summed E-state index contributed by atoms with van der Waals surface area (Å²) in [6, 6.07) is 6.26. The van der Waals surface area contributed by atoms with E-state index >= 15 is 0 Å². The molecular weight excluding hydrogens is 280 g/mol. The minimum atomic E-state index is -3.64. The first kappa shape index (κ1) is 14.3. The highest BCUT2D eigenvalue weighted by molar-refractivity contribution is 7.90. The first-order valence-corrected chi connectivity index (χ1v) is 7.56. The summed E-state index contributed by atoms with van der Waals surface area (Å²) in [5.74, 6) is -1.73. The number of carboxylic acids is 1. The van der Waals surface area contributed by atoms with E-state index in [2.05, 4.69) is 0 Å². The molecule has 0 unspecified atom stereocenters. The predicted molar refractivity (Wildman–Crippen MR) is 72.5 cm³/mol. The third-order valence-corrected chi connectivity index (χ3v) is 4.73. The van der Waals surface area contributed by atoms with Gasteiger partial charge in [-0.2, -0.15) is 0 Å². The molecule has 2 aromatic rings. The zero-order valence-corrected chi connectivity index (χ0v) is 11.9. The molecule has 1 aromatic heterocycles. The van der Waals surface area contributed by atoms with Crippen molar-refractivity contribution < 1.29 is 22.7 Å². The molecule has 0 aliphatic carbocycles. The van der Waals surface area contributed by atoms with E-state index < -0.39 is 21.6 Å². The average Bonchev–Trinajstić information content (AvgIpc) is 2.75. The van der Waals surface area contributed by atoms with Crippen molar-refractivity contribution in [1.82, 2.24) is 0 Å². The van der Waals surface area contributed by atoms with Gasteiger partial charge < -0.3 is 9.52 Å². The molecule has 5 nitrogen and oxygen atoms in total. The van der Waals surface area contributed by atoms with E-state index in [9.17, 15) is 13.2 Å². The second-order valence-corrected chi connectivity index (χ2v) is 6.55. The van der Waals surface area contributed by atoms with Gasteiger partial charge in [-0.3, -0.25) is 0 Å². The Hall–Kier alpha value is -2.08. The van der Waals surface area contributed by atoms with Crippen molar-refractivity contribution in [3.8, 4) is 0 Å². The number of benzene rings is 1. The third-order valence-electron chi connectivity index (χ3n) is 2.96. The van der Waals surface area contributed by atoms with E-state index in [1.165, 1.54) is 18.4 Å². The molecule has 0 bridgehead atoms. The van der Waals surface area contributed by atoms with Crippen LogP contribution in [0.1, 0.15) is 27.2 Å². The van der Waals surface area contributed by atoms with Crippen LogP contribution in [0.4, 0.5) is 0 Å². The second kappa shape index (κ2) is 5.13. The van der Waals surface area contributed by atoms with Gasteiger partial charge in [0.05, 0.1) is 11.2 Å². The Kier molecular flexibility index (Phi) is 3.67. The van der Waals surface area contributed by atoms with Gasteiger partial charge in [-0.15, -0.1) is 0 Å². The Morgan fingerprint density at radius 3 is 2.55 bits per heavy atom. The van der Waals surface area contributed by atoms with Crippen LogP contribution in [0.15, 0.2) is 39.8 Å². The molecule has 0 aliphatic heterocycles. The van der Waals surface area contributed by atoms with Crippen molar-refractivity contribution in [2.75, 3.05) is 0 Å². The van der Waals surface area contributed by atoms with Crippen LogP contribution < -0.4 is 0 Å². The number of rotatable bonds is 4. The van der Waals surface area contributed by atoms with E-state index in [0.717, 1.165) is 5.56 Å². The predicted octanol–water partition coefficient (Wildman–Crippen LogP) is 2.57. The molecule has 0 spiro atoms. The highest BCUT2D eigenvalue weighted by Crippen LogP contribution is 2.23. The Morgan fingerprint density at radius 2 is 1.95 bits per heavy atom. The van der Waals surface area contributed by atoms with Crippen LogP contribution in [-0.2, 0) is 15.6 Å². The summed E-state index contributed by atoms with van der Waals surface area (Å²) in [5.41, 5.74) is 1.47. The van der Waals surface area contributed by atoms with Gasteiger partial charge in [-0.1, -0.05) is 17.7 Å². The molecule has 1 aromatic carbocycles. The largest absolute Gasteiger partial charge is 0.478 e. The Morgan fingerprint density at radius 1 is 1.25 bits per heavy atom. The highest BCUT2D eigenvalue weighted by Gasteiger charge is 2.23. The fourth-order valence-electron chi connectivity index (χ4n) is 2.04. The summed E-state index contributed by atoms with van der Waals surface area (Å²) in [7, 11) is -3.64. The number of carboxylic acid groups (broad SMARTS) is 1. The van der Waals surface area contributed by atoms with E-state index in [1.54, 1.807) is 19.1 Å². The summed E-state index contributed by atoms with van der Waals surface area (Å²) in [6.07, 6.45) is 1.18. The minimum absolute atomic E-state index is 0.0579. The molecule has 0 atom stereocenters. The Bertz CT molecular complexity index is 756. The lowest BCUT2D eigenvalue weighted by Crippen LogP contribution is -2.09. The minimum Gasteiger partial charge on any atom is -0.478 e. The maximum Gasteiger partial charge on any atom is 0.339 e. The lowest BCUT2D eigenvalue weighted by atomic mass is 10.2. The van der Waals surface area contributed by atoms with E-state index in [0.29, 0.717) is 5.56 Å². The molecule has 0 saturated carbocycles. The number of hydrogen-bond acceptors (Lipinski definition) is 4. The Balaban J connectivity index is 2.41. The van der Waals surface area contributed by atoms with Gasteiger partial charge in [0.2, 0.25) is 0 Å². The summed E-state index contributed by atoms with van der Waals surface area (Å²) in [4.78, 5) is 11.2. The van der Waals surface area contributed by atoms with Crippen molar-refractivity contribution in [3.63, 3.8) is 0 Å². The normalized spacial score (nSPS) is 11.5. The fraction of sp³-hybridized carbons (Fsp3) is 0.214. The van der Waals surface area contributed by atoms with Gasteiger partial charge in [0.25, 0.3) is 0 Å². The van der Waals surface area contributed by atoms with Crippen LogP contribution in [0.25, 0.3) is 0 Å². The topological polar surface area (TPSA) is 84.6 Å². The lowest BCUT2D eigenvalue weighted by molar-refractivity contribution is 0.0695. The highest BCUT2D eigenvalue weighted by atomic mass is 32.2. The van der Waals surface area contributed by atoms with Crippen molar-refractivity contribution in [2.24, 2.45) is 0 Å². The van der Waals surface area contributed by atoms with Crippen molar-refractivity contribution >= 4 is 15.8 Å². The summed E-state index contributed by atoms with van der Waals surface area (Å²) in [5, 5.41) is 8.96. The maximum absolute atomic E-state index is 12.4. The van der Waals surface area contributed by atoms with Crippen LogP contribution in [-0.4, -0.2) is 19.5 Å². The SMILES string of the molecule is Cc1ccc(S(=O)(=O)Cc2occc2C(=O)O)c(C)c1. The average molecular weight is 294 g/mol. The molecule has 6 heteroatoms. The molecule has 0 radical (unpaired) electrons. The summed E-state index contributed by atoms with van der Waals surface area (Å²) < 4.78 is 29.7. The number of furan rings is 1. The van der Waals surface area contributed by atoms with Crippen LogP contribution in [0.3, 0.4) is 0 Å². The number of sulfone groups is 1. The summed E-state index contributed by atoms with van der Waals surface area (Å²) >= 11 is 0. The van der Waals surface area contributed by atoms with Crippen LogP contribution in [0.5, 0.6) is 0 Å². The second-order valence-electron chi connectivity index (χ2n) is 4.59. The number of aromatic carboxylic acids is 1. The molecular formula is C14H14O5S. The standard InChI is InChI=1S/C14H14O5S/c1-9-3-4-13(10(2)7-9)20(17,18)8-12-11(14(15)16)5-6-19-12/h3-7H,8H2,1-2H3,(H,15,16). The number of carbonyl (C=O) groups is 1. The molecule has 0 aliphatic rings. The molecule has 20 heavy (non-hydrogen) atoms. The molecule has 1 heterocycles. The van der Waals surface area contributed by atoms with Crippen molar-refractivity contribution in [2.45, 2.75) is 24.5 Å². The van der Waals surface area contributed by atoms with Crippen LogP contribution in [0.2, 0.25) is 0 Å². The first-order valence-electron chi connectivity index (χ1n) is 5.91. The zero-order chi connectivity index (χ0) is 14.9. The van der Waals surface area contributed by atoms with E-state index in [4.69, 9.17) is 9.52 Å². The van der Waals surface area contributed by atoms with Gasteiger partial charge in [-0.05, 0) is 31.5 Å². The maximum atomic E-state index is 12.4. The summed E-state index contributed by atoms with van der Waals surface area (Å²) in [6.45, 7) is 3.58. The molecule has 0 fully saturated rings. The number of aryl methyl sites for hydroxylation is 2. The van der Waals surface area contributed by atoms with Gasteiger partial charge in [0.1, 0.15) is 17.1 Å². The molecule has 2 rings (SSSR count). The number of hydrogen-bond donors (Lipinski definition) is 1. The molecule has 0 saturated heterocycles. The molecule has 0 amide bonds. The third kappa shape index (κ3) is 2.75. The molecule has 106 valence electrons. The van der Waals surface area contributed by atoms with E-state index in [-0.39, 0.29) is 16.2 Å². The monoisotopic (exact) mass is 294 g/mol.